The zero-order valence-corrected chi connectivity index (χ0v) is 16.0. The molecule has 6 nitrogen and oxygen atoms in total. The van der Waals surface area contributed by atoms with Crippen LogP contribution < -0.4 is 5.32 Å². The maximum Gasteiger partial charge on any atom is 0.194 e. The van der Waals surface area contributed by atoms with E-state index in [4.69, 9.17) is 19.2 Å². The average Bonchev–Trinajstić information content (AvgIpc) is 3.28. The summed E-state index contributed by atoms with van der Waals surface area (Å²) in [5, 5.41) is 3.90. The Hall–Kier alpha value is -0.850. The molecule has 5 fully saturated rings. The molecule has 5 rings (SSSR count). The summed E-state index contributed by atoms with van der Waals surface area (Å²) in [5.41, 5.74) is 0.385. The van der Waals surface area contributed by atoms with E-state index in [2.05, 4.69) is 17.1 Å². The molecule has 146 valence electrons. The summed E-state index contributed by atoms with van der Waals surface area (Å²) >= 11 is 0. The van der Waals surface area contributed by atoms with Gasteiger partial charge in [0.25, 0.3) is 0 Å². The zero-order valence-electron chi connectivity index (χ0n) is 16.0. The van der Waals surface area contributed by atoms with Crippen molar-refractivity contribution in [1.82, 2.24) is 10.2 Å². The quantitative estimate of drug-likeness (QED) is 0.612. The predicted molar refractivity (Wildman–Crippen MR) is 99.3 cm³/mol. The number of hydrogen-bond acceptors (Lipinski definition) is 4. The van der Waals surface area contributed by atoms with Crippen molar-refractivity contribution in [1.29, 1.82) is 0 Å². The Bertz CT molecular complexity index is 544. The monoisotopic (exact) mass is 363 g/mol. The second-order valence-electron chi connectivity index (χ2n) is 8.66. The minimum atomic E-state index is 0.178. The van der Waals surface area contributed by atoms with Crippen LogP contribution in [-0.4, -0.2) is 74.7 Å². The first-order chi connectivity index (χ1) is 12.8. The van der Waals surface area contributed by atoms with Crippen LogP contribution in [0.4, 0.5) is 0 Å². The van der Waals surface area contributed by atoms with Crippen LogP contribution in [-0.2, 0) is 14.2 Å². The third kappa shape index (κ3) is 2.68. The van der Waals surface area contributed by atoms with Crippen LogP contribution in [0.15, 0.2) is 4.99 Å². The van der Waals surface area contributed by atoms with Crippen molar-refractivity contribution in [3.8, 4) is 0 Å². The van der Waals surface area contributed by atoms with Crippen molar-refractivity contribution in [3.63, 3.8) is 0 Å². The van der Waals surface area contributed by atoms with E-state index in [0.717, 1.165) is 58.3 Å². The van der Waals surface area contributed by atoms with Crippen LogP contribution in [0.3, 0.4) is 0 Å². The van der Waals surface area contributed by atoms with Crippen LogP contribution in [0.2, 0.25) is 0 Å². The van der Waals surface area contributed by atoms with E-state index in [-0.39, 0.29) is 12.2 Å². The molecule has 0 amide bonds. The Labute approximate surface area is 156 Å². The number of morpholine rings is 1. The first-order valence-electron chi connectivity index (χ1n) is 10.7. The topological polar surface area (TPSA) is 55.3 Å². The van der Waals surface area contributed by atoms with Crippen molar-refractivity contribution < 1.29 is 14.2 Å². The second kappa shape index (κ2) is 6.95. The number of aliphatic imine (C=N–C) groups is 1. The lowest BCUT2D eigenvalue weighted by Crippen LogP contribution is -2.73. The molecule has 1 N–H and O–H groups in total. The fraction of sp³-hybridized carbons (Fsp3) is 0.950. The van der Waals surface area contributed by atoms with E-state index in [0.29, 0.717) is 23.5 Å². The van der Waals surface area contributed by atoms with Crippen LogP contribution in [0.25, 0.3) is 0 Å². The summed E-state index contributed by atoms with van der Waals surface area (Å²) in [7, 11) is 0. The highest BCUT2D eigenvalue weighted by molar-refractivity contribution is 5.81. The van der Waals surface area contributed by atoms with Gasteiger partial charge in [-0.05, 0) is 39.0 Å². The van der Waals surface area contributed by atoms with Gasteiger partial charge in [0.05, 0.1) is 18.8 Å². The molecule has 3 heterocycles. The lowest BCUT2D eigenvalue weighted by molar-refractivity contribution is -0.172. The van der Waals surface area contributed by atoms with E-state index in [1.54, 1.807) is 0 Å². The summed E-state index contributed by atoms with van der Waals surface area (Å²) in [5.74, 6) is 1.76. The van der Waals surface area contributed by atoms with Gasteiger partial charge >= 0.3 is 0 Å². The molecule has 2 aliphatic carbocycles. The van der Waals surface area contributed by atoms with Crippen molar-refractivity contribution in [2.45, 2.75) is 69.8 Å². The highest BCUT2D eigenvalue weighted by Gasteiger charge is 2.66. The molecule has 5 atom stereocenters. The fourth-order valence-electron chi connectivity index (χ4n) is 5.97. The fourth-order valence-corrected chi connectivity index (χ4v) is 5.97. The third-order valence-corrected chi connectivity index (χ3v) is 7.40. The molecule has 0 aromatic heterocycles. The molecular weight excluding hydrogens is 330 g/mol. The minimum absolute atomic E-state index is 0.178. The standard InChI is InChI=1S/C20H33N3O3/c1-2-21-19(23-9-12-25-16(13-23)15-5-3-10-24-15)22-17-14-6-11-26-18(14)20(17)7-4-8-20/h14-18H,2-13H2,1H3,(H,21,22). The average molecular weight is 364 g/mol. The van der Waals surface area contributed by atoms with Gasteiger partial charge in [-0.25, -0.2) is 0 Å². The normalized spacial score (nSPS) is 41.7. The molecule has 5 unspecified atom stereocenters. The molecule has 3 aliphatic heterocycles. The van der Waals surface area contributed by atoms with Crippen molar-refractivity contribution in [2.24, 2.45) is 16.3 Å². The van der Waals surface area contributed by atoms with Gasteiger partial charge in [0.2, 0.25) is 0 Å². The van der Waals surface area contributed by atoms with Gasteiger partial charge in [-0.2, -0.15) is 0 Å². The van der Waals surface area contributed by atoms with Gasteiger partial charge < -0.3 is 24.4 Å². The minimum Gasteiger partial charge on any atom is -0.377 e. The number of nitrogens with zero attached hydrogens (tertiary/aromatic N) is 2. The Morgan fingerprint density at radius 2 is 1.96 bits per heavy atom. The zero-order chi connectivity index (χ0) is 17.6. The Morgan fingerprint density at radius 3 is 2.69 bits per heavy atom. The van der Waals surface area contributed by atoms with Crippen molar-refractivity contribution in [3.05, 3.63) is 0 Å². The van der Waals surface area contributed by atoms with Crippen molar-refractivity contribution >= 4 is 5.96 Å². The molecule has 6 heteroatoms. The summed E-state index contributed by atoms with van der Waals surface area (Å²) in [4.78, 5) is 7.27. The highest BCUT2D eigenvalue weighted by atomic mass is 16.5. The summed E-state index contributed by atoms with van der Waals surface area (Å²) in [6, 6.07) is 0.540. The van der Waals surface area contributed by atoms with E-state index >= 15 is 0 Å². The SMILES string of the molecule is CCN=C(NC1C2CCOC2C12CCC2)N1CCOC(C2CCCO2)C1. The number of ether oxygens (including phenoxy) is 3. The summed E-state index contributed by atoms with van der Waals surface area (Å²) in [6.45, 7) is 7.33. The largest absolute Gasteiger partial charge is 0.377 e. The molecule has 0 aromatic carbocycles. The molecule has 0 aromatic rings. The van der Waals surface area contributed by atoms with Crippen LogP contribution in [0.1, 0.15) is 45.4 Å². The van der Waals surface area contributed by atoms with Crippen LogP contribution in [0, 0.1) is 11.3 Å². The van der Waals surface area contributed by atoms with Crippen LogP contribution in [0.5, 0.6) is 0 Å². The van der Waals surface area contributed by atoms with Gasteiger partial charge in [0, 0.05) is 50.2 Å². The number of nitrogens with one attached hydrogen (secondary N) is 1. The van der Waals surface area contributed by atoms with E-state index < -0.39 is 0 Å². The molecular formula is C20H33N3O3. The van der Waals surface area contributed by atoms with Crippen LogP contribution >= 0.6 is 0 Å². The molecule has 26 heavy (non-hydrogen) atoms. The van der Waals surface area contributed by atoms with Gasteiger partial charge in [-0.3, -0.25) is 4.99 Å². The summed E-state index contributed by atoms with van der Waals surface area (Å²) < 4.78 is 18.0. The molecule has 5 aliphatic rings. The maximum absolute atomic E-state index is 6.08. The van der Waals surface area contributed by atoms with Crippen molar-refractivity contribution in [2.75, 3.05) is 39.5 Å². The molecule has 2 saturated carbocycles. The number of rotatable bonds is 3. The van der Waals surface area contributed by atoms with E-state index in [9.17, 15) is 0 Å². The lowest BCUT2D eigenvalue weighted by Gasteiger charge is -2.63. The number of guanidine groups is 1. The molecule has 1 spiro atoms. The first-order valence-corrected chi connectivity index (χ1v) is 10.7. The van der Waals surface area contributed by atoms with Gasteiger partial charge in [-0.15, -0.1) is 0 Å². The second-order valence-corrected chi connectivity index (χ2v) is 8.66. The molecule has 3 saturated heterocycles. The molecule has 0 radical (unpaired) electrons. The maximum atomic E-state index is 6.08. The number of hydrogen-bond donors (Lipinski definition) is 1. The van der Waals surface area contributed by atoms with Gasteiger partial charge in [-0.1, -0.05) is 6.42 Å². The summed E-state index contributed by atoms with van der Waals surface area (Å²) in [6.07, 6.45) is 8.40. The molecule has 0 bridgehead atoms. The lowest BCUT2D eigenvalue weighted by atomic mass is 9.46. The first kappa shape index (κ1) is 17.3. The van der Waals surface area contributed by atoms with Gasteiger partial charge in [0.1, 0.15) is 6.10 Å². The predicted octanol–water partition coefficient (Wildman–Crippen LogP) is 1.79. The Morgan fingerprint density at radius 1 is 1.08 bits per heavy atom. The smallest absolute Gasteiger partial charge is 0.194 e. The Balaban J connectivity index is 1.28. The Kier molecular flexibility index (Phi) is 4.62. The van der Waals surface area contributed by atoms with E-state index in [1.165, 1.54) is 25.7 Å². The number of fused-ring (bicyclic) bond motifs is 2. The highest BCUT2D eigenvalue weighted by Crippen LogP contribution is 2.62. The van der Waals surface area contributed by atoms with Gasteiger partial charge in [0.15, 0.2) is 5.96 Å². The third-order valence-electron chi connectivity index (χ3n) is 7.40. The van der Waals surface area contributed by atoms with E-state index in [1.807, 2.05) is 0 Å².